The van der Waals surface area contributed by atoms with Gasteiger partial charge < -0.3 is 25.2 Å². The van der Waals surface area contributed by atoms with Crippen LogP contribution in [0.5, 0.6) is 0 Å². The van der Waals surface area contributed by atoms with Gasteiger partial charge >= 0.3 is 5.82 Å². The molecule has 12 heteroatoms. The Balaban J connectivity index is 1.73. The van der Waals surface area contributed by atoms with Crippen molar-refractivity contribution in [1.29, 1.82) is 0 Å². The Bertz CT molecular complexity index is 1050. The van der Waals surface area contributed by atoms with Gasteiger partial charge in [0.05, 0.1) is 35.4 Å². The molecule has 0 bridgehead atoms. The molecular weight excluding hydrogens is 382 g/mol. The van der Waals surface area contributed by atoms with Gasteiger partial charge in [0.2, 0.25) is 0 Å². The second-order valence-electron chi connectivity index (χ2n) is 6.34. The molecule has 0 aliphatic carbocycles. The monoisotopic (exact) mass is 401 g/mol. The predicted molar refractivity (Wildman–Crippen MR) is 100 cm³/mol. The van der Waals surface area contributed by atoms with E-state index >= 15 is 0 Å². The maximum absolute atomic E-state index is 12.6. The minimum absolute atomic E-state index is 0.0303. The molecule has 0 aliphatic heterocycles. The Kier molecular flexibility index (Phi) is 5.43. The fourth-order valence-corrected chi connectivity index (χ4v) is 2.71. The van der Waals surface area contributed by atoms with E-state index in [1.807, 2.05) is 0 Å². The van der Waals surface area contributed by atoms with Gasteiger partial charge in [-0.25, -0.2) is 0 Å². The summed E-state index contributed by atoms with van der Waals surface area (Å²) >= 11 is 0. The highest BCUT2D eigenvalue weighted by atomic mass is 16.6. The van der Waals surface area contributed by atoms with Crippen LogP contribution in [-0.4, -0.2) is 36.3 Å². The van der Waals surface area contributed by atoms with Crippen LogP contribution in [0.3, 0.4) is 0 Å². The average molecular weight is 401 g/mol. The van der Waals surface area contributed by atoms with E-state index in [2.05, 4.69) is 20.8 Å². The Morgan fingerprint density at radius 3 is 2.76 bits per heavy atom. The van der Waals surface area contributed by atoms with Crippen LogP contribution in [-0.2, 0) is 18.4 Å². The molecule has 29 heavy (non-hydrogen) atoms. The van der Waals surface area contributed by atoms with Crippen molar-refractivity contribution >= 4 is 23.3 Å². The molecule has 0 saturated carbocycles. The van der Waals surface area contributed by atoms with Crippen LogP contribution in [0.1, 0.15) is 34.9 Å². The third-order valence-corrected chi connectivity index (χ3v) is 4.15. The Hall–Kier alpha value is -3.96. The zero-order valence-electron chi connectivity index (χ0n) is 15.9. The third kappa shape index (κ3) is 4.31. The first-order valence-electron chi connectivity index (χ1n) is 8.62. The summed E-state index contributed by atoms with van der Waals surface area (Å²) in [5.41, 5.74) is 0.699. The van der Waals surface area contributed by atoms with E-state index in [1.54, 1.807) is 33.0 Å². The zero-order valence-corrected chi connectivity index (χ0v) is 15.9. The van der Waals surface area contributed by atoms with E-state index in [9.17, 15) is 19.7 Å². The van der Waals surface area contributed by atoms with Gasteiger partial charge in [-0.05, 0) is 30.9 Å². The molecule has 1 atom stereocenters. The van der Waals surface area contributed by atoms with Crippen molar-refractivity contribution in [3.8, 4) is 0 Å². The lowest BCUT2D eigenvalue weighted by molar-refractivity contribution is -0.389. The molecule has 2 amide bonds. The standard InChI is InChI=1S/C17H19N7O5/c1-10-7-14(24(27)28)20-23(10)11(2)16(25)19-13-9-22(3)21-15(13)17(26)18-8-12-5-4-6-29-12/h4-7,9,11H,8H2,1-3H3,(H,18,26)(H,19,25). The van der Waals surface area contributed by atoms with E-state index in [1.165, 1.54) is 27.9 Å². The maximum Gasteiger partial charge on any atom is 0.390 e. The number of anilines is 1. The van der Waals surface area contributed by atoms with Crippen molar-refractivity contribution in [2.75, 3.05) is 5.32 Å². The van der Waals surface area contributed by atoms with Crippen LogP contribution >= 0.6 is 0 Å². The van der Waals surface area contributed by atoms with Crippen molar-refractivity contribution < 1.29 is 18.9 Å². The first-order valence-corrected chi connectivity index (χ1v) is 8.62. The Labute approximate surface area is 164 Å². The number of furan rings is 1. The number of rotatable bonds is 7. The smallest absolute Gasteiger partial charge is 0.390 e. The van der Waals surface area contributed by atoms with Gasteiger partial charge in [0.25, 0.3) is 11.8 Å². The second-order valence-corrected chi connectivity index (χ2v) is 6.34. The number of carbonyl (C=O) groups excluding carboxylic acids is 2. The number of hydrogen-bond donors (Lipinski definition) is 2. The first kappa shape index (κ1) is 19.8. The average Bonchev–Trinajstić information content (AvgIpc) is 3.39. The predicted octanol–water partition coefficient (Wildman–Crippen LogP) is 1.56. The van der Waals surface area contributed by atoms with Gasteiger partial charge in [0.15, 0.2) is 5.69 Å². The molecule has 0 aromatic carbocycles. The molecule has 0 saturated heterocycles. The first-order chi connectivity index (χ1) is 13.8. The largest absolute Gasteiger partial charge is 0.467 e. The summed E-state index contributed by atoms with van der Waals surface area (Å²) < 4.78 is 7.81. The molecule has 1 unspecified atom stereocenters. The van der Waals surface area contributed by atoms with E-state index < -0.39 is 22.8 Å². The van der Waals surface area contributed by atoms with Gasteiger partial charge in [-0.2, -0.15) is 9.78 Å². The minimum atomic E-state index is -0.845. The van der Waals surface area contributed by atoms with E-state index in [4.69, 9.17) is 4.42 Å². The molecule has 2 N–H and O–H groups in total. The second kappa shape index (κ2) is 7.96. The molecular formula is C17H19N7O5. The molecule has 3 heterocycles. The summed E-state index contributed by atoms with van der Waals surface area (Å²) in [5.74, 6) is -0.763. The van der Waals surface area contributed by atoms with Crippen LogP contribution < -0.4 is 10.6 Å². The van der Waals surface area contributed by atoms with Gasteiger partial charge in [0.1, 0.15) is 11.8 Å². The van der Waals surface area contributed by atoms with Crippen molar-refractivity contribution in [2.45, 2.75) is 26.4 Å². The topological polar surface area (TPSA) is 150 Å². The number of amides is 2. The number of aryl methyl sites for hydroxylation is 2. The molecule has 3 aromatic rings. The normalized spacial score (nSPS) is 11.8. The molecule has 152 valence electrons. The van der Waals surface area contributed by atoms with E-state index in [0.29, 0.717) is 11.5 Å². The summed E-state index contributed by atoms with van der Waals surface area (Å²) in [5, 5.41) is 24.1. The highest BCUT2D eigenvalue weighted by Gasteiger charge is 2.26. The van der Waals surface area contributed by atoms with Gasteiger partial charge in [-0.1, -0.05) is 0 Å². The molecule has 0 aliphatic rings. The van der Waals surface area contributed by atoms with Crippen molar-refractivity contribution in [3.05, 3.63) is 57.9 Å². The van der Waals surface area contributed by atoms with Crippen molar-refractivity contribution in [1.82, 2.24) is 24.9 Å². The van der Waals surface area contributed by atoms with Crippen molar-refractivity contribution in [3.63, 3.8) is 0 Å². The van der Waals surface area contributed by atoms with Gasteiger partial charge in [-0.15, -0.1) is 0 Å². The SMILES string of the molecule is Cc1cc([N+](=O)[O-])nn1C(C)C(=O)Nc1cn(C)nc1C(=O)NCc1ccco1. The Morgan fingerprint density at radius 2 is 2.14 bits per heavy atom. The number of nitro groups is 1. The molecule has 0 radical (unpaired) electrons. The molecule has 3 aromatic heterocycles. The summed E-state index contributed by atoms with van der Waals surface area (Å²) in [7, 11) is 1.61. The summed E-state index contributed by atoms with van der Waals surface area (Å²) in [4.78, 5) is 35.4. The minimum Gasteiger partial charge on any atom is -0.467 e. The van der Waals surface area contributed by atoms with Crippen LogP contribution in [0.2, 0.25) is 0 Å². The number of hydrogen-bond acceptors (Lipinski definition) is 7. The number of carbonyl (C=O) groups is 2. The number of nitrogens with one attached hydrogen (secondary N) is 2. The molecule has 0 fully saturated rings. The van der Waals surface area contributed by atoms with E-state index in [-0.39, 0.29) is 23.7 Å². The van der Waals surface area contributed by atoms with Crippen LogP contribution in [0.15, 0.2) is 35.1 Å². The van der Waals surface area contributed by atoms with Crippen LogP contribution in [0.25, 0.3) is 0 Å². The quantitative estimate of drug-likeness (QED) is 0.450. The fourth-order valence-electron chi connectivity index (χ4n) is 2.71. The lowest BCUT2D eigenvalue weighted by atomic mass is 10.2. The van der Waals surface area contributed by atoms with Crippen LogP contribution in [0.4, 0.5) is 11.5 Å². The molecule has 0 spiro atoms. The van der Waals surface area contributed by atoms with Crippen LogP contribution in [0, 0.1) is 17.0 Å². The molecule has 3 rings (SSSR count). The fraction of sp³-hybridized carbons (Fsp3) is 0.294. The highest BCUT2D eigenvalue weighted by Crippen LogP contribution is 2.19. The third-order valence-electron chi connectivity index (χ3n) is 4.15. The summed E-state index contributed by atoms with van der Waals surface area (Å²) in [6, 6.07) is 3.86. The number of nitrogens with zero attached hydrogens (tertiary/aromatic N) is 5. The lowest BCUT2D eigenvalue weighted by Gasteiger charge is -2.11. The summed E-state index contributed by atoms with van der Waals surface area (Å²) in [6.45, 7) is 3.33. The van der Waals surface area contributed by atoms with Crippen molar-refractivity contribution in [2.24, 2.45) is 7.05 Å². The highest BCUT2D eigenvalue weighted by molar-refractivity contribution is 6.02. The van der Waals surface area contributed by atoms with Gasteiger partial charge in [-0.3, -0.25) is 14.3 Å². The van der Waals surface area contributed by atoms with Gasteiger partial charge in [0, 0.05) is 13.2 Å². The maximum atomic E-state index is 12.6. The lowest BCUT2D eigenvalue weighted by Crippen LogP contribution is -2.28. The van der Waals surface area contributed by atoms with E-state index in [0.717, 1.165) is 0 Å². The Morgan fingerprint density at radius 1 is 1.38 bits per heavy atom. The molecule has 12 nitrogen and oxygen atoms in total. The number of aromatic nitrogens is 4. The zero-order chi connectivity index (χ0) is 21.1. The summed E-state index contributed by atoms with van der Waals surface area (Å²) in [6.07, 6.45) is 2.99.